The average Bonchev–Trinajstić information content (AvgIpc) is 2.82. The normalized spacial score (nSPS) is 12.0. The first-order valence-electron chi connectivity index (χ1n) is 11.1. The summed E-state index contributed by atoms with van der Waals surface area (Å²) in [5, 5.41) is 9.38. The van der Waals surface area contributed by atoms with E-state index >= 15 is 0 Å². The minimum atomic E-state index is -0.773. The number of halogens is 3. The summed E-state index contributed by atoms with van der Waals surface area (Å²) in [6.07, 6.45) is 1.35. The lowest BCUT2D eigenvalue weighted by molar-refractivity contribution is 0.193. The van der Waals surface area contributed by atoms with Gasteiger partial charge in [-0.3, -0.25) is 9.36 Å². The highest BCUT2D eigenvalue weighted by molar-refractivity contribution is 6.31. The Kier molecular flexibility index (Phi) is 7.42. The Bertz CT molecular complexity index is 1490. The lowest BCUT2D eigenvalue weighted by atomic mass is 10.1. The Morgan fingerprint density at radius 3 is 2.61 bits per heavy atom. The Morgan fingerprint density at radius 2 is 1.89 bits per heavy atom. The third-order valence-electron chi connectivity index (χ3n) is 5.47. The number of rotatable bonds is 7. The van der Waals surface area contributed by atoms with Crippen molar-refractivity contribution in [2.45, 2.75) is 39.9 Å². The smallest absolute Gasteiger partial charge is 0.280 e. The van der Waals surface area contributed by atoms with E-state index in [9.17, 15) is 18.7 Å². The largest absolute Gasteiger partial charge is 0.471 e. The maximum atomic E-state index is 13.9. The molecule has 0 saturated heterocycles. The molecule has 4 rings (SSSR count). The number of hydrogen-bond acceptors (Lipinski definition) is 6. The molecule has 7 nitrogen and oxygen atoms in total. The quantitative estimate of drug-likeness (QED) is 0.384. The molecule has 2 aromatic carbocycles. The van der Waals surface area contributed by atoms with Crippen LogP contribution in [0.1, 0.15) is 29.7 Å². The van der Waals surface area contributed by atoms with Gasteiger partial charge in [0.25, 0.3) is 5.56 Å². The van der Waals surface area contributed by atoms with E-state index in [0.29, 0.717) is 29.5 Å². The van der Waals surface area contributed by atoms with E-state index in [0.717, 1.165) is 23.3 Å². The van der Waals surface area contributed by atoms with E-state index in [1.165, 1.54) is 10.6 Å². The van der Waals surface area contributed by atoms with Crippen molar-refractivity contribution in [2.24, 2.45) is 0 Å². The van der Waals surface area contributed by atoms with Crippen molar-refractivity contribution in [3.8, 4) is 22.8 Å². The Labute approximate surface area is 211 Å². The molecule has 0 saturated carbocycles. The van der Waals surface area contributed by atoms with Crippen LogP contribution in [0.15, 0.2) is 53.5 Å². The summed E-state index contributed by atoms with van der Waals surface area (Å²) in [5.74, 6) is -0.820. The lowest BCUT2D eigenvalue weighted by Crippen LogP contribution is -2.24. The standard InChI is InChI=1S/C26H23ClF2N4O3/c1-14-4-5-17(21-8-9-30-23(32-21)10-15(2)34)11-22(14)33-16(3)31-25(24(27)26(33)35)36-13-18-6-7-19(28)12-20(18)29/h4-9,11-12,15,34H,10,13H2,1-3H3. The van der Waals surface area contributed by atoms with Crippen molar-refractivity contribution in [3.63, 3.8) is 0 Å². The number of benzene rings is 2. The number of hydrogen-bond donors (Lipinski definition) is 1. The van der Waals surface area contributed by atoms with Gasteiger partial charge in [0.2, 0.25) is 5.88 Å². The molecule has 0 fully saturated rings. The van der Waals surface area contributed by atoms with Crippen LogP contribution in [0.4, 0.5) is 8.78 Å². The second-order valence-electron chi connectivity index (χ2n) is 8.36. The topological polar surface area (TPSA) is 90.1 Å². The maximum absolute atomic E-state index is 13.9. The van der Waals surface area contributed by atoms with Gasteiger partial charge >= 0.3 is 0 Å². The summed E-state index contributed by atoms with van der Waals surface area (Å²) in [6.45, 7) is 4.86. The van der Waals surface area contributed by atoms with Crippen molar-refractivity contribution < 1.29 is 18.6 Å². The van der Waals surface area contributed by atoms with Crippen LogP contribution in [0.25, 0.3) is 16.9 Å². The number of aryl methyl sites for hydroxylation is 2. The number of ether oxygens (including phenoxy) is 1. The zero-order valence-electron chi connectivity index (χ0n) is 19.8. The third-order valence-corrected chi connectivity index (χ3v) is 5.80. The number of aromatic nitrogens is 4. The molecule has 186 valence electrons. The summed E-state index contributed by atoms with van der Waals surface area (Å²) in [6, 6.07) is 10.4. The van der Waals surface area contributed by atoms with Crippen LogP contribution in [0, 0.1) is 25.5 Å². The summed E-state index contributed by atoms with van der Waals surface area (Å²) >= 11 is 6.31. The van der Waals surface area contributed by atoms with Crippen molar-refractivity contribution in [1.29, 1.82) is 0 Å². The molecule has 0 bridgehead atoms. The first-order valence-corrected chi connectivity index (χ1v) is 11.5. The summed E-state index contributed by atoms with van der Waals surface area (Å²) in [4.78, 5) is 26.3. The number of aliphatic hydroxyl groups is 1. The molecule has 10 heteroatoms. The summed E-state index contributed by atoms with van der Waals surface area (Å²) in [7, 11) is 0. The van der Waals surface area contributed by atoms with E-state index in [1.807, 2.05) is 19.1 Å². The second-order valence-corrected chi connectivity index (χ2v) is 8.73. The lowest BCUT2D eigenvalue weighted by Gasteiger charge is -2.16. The molecule has 0 aliphatic rings. The number of aliphatic hydroxyl groups excluding tert-OH is 1. The van der Waals surface area contributed by atoms with E-state index in [-0.39, 0.29) is 23.1 Å². The van der Waals surface area contributed by atoms with E-state index in [1.54, 1.807) is 32.2 Å². The minimum absolute atomic E-state index is 0.0967. The fourth-order valence-corrected chi connectivity index (χ4v) is 3.86. The molecule has 0 radical (unpaired) electrons. The van der Waals surface area contributed by atoms with Gasteiger partial charge in [-0.15, -0.1) is 0 Å². The fraction of sp³-hybridized carbons (Fsp3) is 0.231. The van der Waals surface area contributed by atoms with Gasteiger partial charge in [0.05, 0.1) is 17.5 Å². The molecular formula is C26H23ClF2N4O3. The molecule has 36 heavy (non-hydrogen) atoms. The van der Waals surface area contributed by atoms with Gasteiger partial charge in [0, 0.05) is 29.8 Å². The third kappa shape index (κ3) is 5.42. The summed E-state index contributed by atoms with van der Waals surface area (Å²) < 4.78 is 34.0. The molecule has 2 heterocycles. The molecule has 2 aromatic heterocycles. The predicted molar refractivity (Wildman–Crippen MR) is 131 cm³/mol. The van der Waals surface area contributed by atoms with Crippen LogP contribution in [-0.4, -0.2) is 30.7 Å². The van der Waals surface area contributed by atoms with Gasteiger partial charge in [0.1, 0.15) is 29.9 Å². The van der Waals surface area contributed by atoms with Crippen LogP contribution in [0.2, 0.25) is 5.02 Å². The monoisotopic (exact) mass is 512 g/mol. The van der Waals surface area contributed by atoms with Gasteiger partial charge < -0.3 is 9.84 Å². The molecule has 1 unspecified atom stereocenters. The van der Waals surface area contributed by atoms with Crippen LogP contribution >= 0.6 is 11.6 Å². The van der Waals surface area contributed by atoms with E-state index in [2.05, 4.69) is 15.0 Å². The van der Waals surface area contributed by atoms with Gasteiger partial charge in [-0.2, -0.15) is 4.98 Å². The van der Waals surface area contributed by atoms with Crippen LogP contribution in [0.3, 0.4) is 0 Å². The summed E-state index contributed by atoms with van der Waals surface area (Å²) in [5.41, 5.74) is 2.25. The molecule has 1 atom stereocenters. The van der Waals surface area contributed by atoms with Crippen molar-refractivity contribution in [3.05, 3.63) is 98.4 Å². The number of nitrogens with zero attached hydrogens (tertiary/aromatic N) is 4. The zero-order chi connectivity index (χ0) is 26.0. The van der Waals surface area contributed by atoms with Gasteiger partial charge in [-0.05, 0) is 50.6 Å². The molecule has 0 aliphatic heterocycles. The first kappa shape index (κ1) is 25.4. The Balaban J connectivity index is 1.69. The van der Waals surface area contributed by atoms with Crippen LogP contribution < -0.4 is 10.3 Å². The maximum Gasteiger partial charge on any atom is 0.280 e. The second kappa shape index (κ2) is 10.5. The zero-order valence-corrected chi connectivity index (χ0v) is 20.6. The van der Waals surface area contributed by atoms with Crippen LogP contribution in [0.5, 0.6) is 5.88 Å². The Morgan fingerprint density at radius 1 is 1.11 bits per heavy atom. The highest BCUT2D eigenvalue weighted by atomic mass is 35.5. The highest BCUT2D eigenvalue weighted by Crippen LogP contribution is 2.26. The molecule has 0 spiro atoms. The predicted octanol–water partition coefficient (Wildman–Crippen LogP) is 4.74. The minimum Gasteiger partial charge on any atom is -0.471 e. The van der Waals surface area contributed by atoms with Crippen LogP contribution in [-0.2, 0) is 13.0 Å². The first-order chi connectivity index (χ1) is 17.1. The van der Waals surface area contributed by atoms with Gasteiger partial charge in [-0.1, -0.05) is 23.7 Å². The van der Waals surface area contributed by atoms with E-state index in [4.69, 9.17) is 16.3 Å². The molecule has 1 N–H and O–H groups in total. The van der Waals surface area contributed by atoms with Crippen molar-refractivity contribution in [2.75, 3.05) is 0 Å². The molecular weight excluding hydrogens is 490 g/mol. The Hall–Kier alpha value is -3.69. The van der Waals surface area contributed by atoms with Gasteiger partial charge in [0.15, 0.2) is 5.02 Å². The van der Waals surface area contributed by atoms with E-state index < -0.39 is 23.3 Å². The molecule has 4 aromatic rings. The van der Waals surface area contributed by atoms with Gasteiger partial charge in [-0.25, -0.2) is 18.7 Å². The highest BCUT2D eigenvalue weighted by Gasteiger charge is 2.18. The SMILES string of the molecule is Cc1ccc(-c2ccnc(CC(C)O)n2)cc1-n1c(C)nc(OCc2ccc(F)cc2F)c(Cl)c1=O. The van der Waals surface area contributed by atoms with Crippen molar-refractivity contribution in [1.82, 2.24) is 19.5 Å². The van der Waals surface area contributed by atoms with Crippen molar-refractivity contribution >= 4 is 11.6 Å². The fourth-order valence-electron chi connectivity index (χ4n) is 3.68. The molecule has 0 amide bonds. The average molecular weight is 513 g/mol. The molecule has 0 aliphatic carbocycles.